The number of hydrogen-bond donors (Lipinski definition) is 0. The molecule has 0 N–H and O–H groups in total. The van der Waals surface area contributed by atoms with Gasteiger partial charge in [-0.15, -0.1) is 0 Å². The Kier molecular flexibility index (Phi) is 3.66. The molecule has 0 fully saturated rings. The first-order valence-corrected chi connectivity index (χ1v) is 5.60. The third kappa shape index (κ3) is 3.13. The average Bonchev–Trinajstić information content (AvgIpc) is 2.28. The van der Waals surface area contributed by atoms with Crippen molar-refractivity contribution in [1.82, 2.24) is 0 Å². The zero-order chi connectivity index (χ0) is 11.4. The molecule has 0 aliphatic heterocycles. The van der Waals surface area contributed by atoms with Crippen LogP contribution in [0.4, 0.5) is 0 Å². The van der Waals surface area contributed by atoms with Gasteiger partial charge in [0.2, 0.25) is 0 Å². The minimum atomic E-state index is 0.717. The van der Waals surface area contributed by atoms with Crippen molar-refractivity contribution in [3.05, 3.63) is 69.7 Å². The van der Waals surface area contributed by atoms with Gasteiger partial charge < -0.3 is 0 Å². The molecule has 0 aromatic heterocycles. The number of rotatable bonds is 2. The molecule has 0 heterocycles. The molecule has 2 aromatic carbocycles. The zero-order valence-electron chi connectivity index (χ0n) is 8.45. The monoisotopic (exact) mass is 247 g/mol. The fraction of sp³-hybridized carbons (Fsp3) is 0. The first-order valence-electron chi connectivity index (χ1n) is 4.85. The molecule has 0 spiro atoms. The normalized spacial score (nSPS) is 10.9. The Bertz CT molecular complexity index is 498. The van der Waals surface area contributed by atoms with Crippen LogP contribution in [0.3, 0.4) is 0 Å². The minimum Gasteiger partial charge on any atom is -0.0843 e. The van der Waals surface area contributed by atoms with E-state index >= 15 is 0 Å². The molecular weight excluding hydrogens is 239 g/mol. The first kappa shape index (κ1) is 11.3. The van der Waals surface area contributed by atoms with Crippen molar-refractivity contribution in [2.24, 2.45) is 0 Å². The molecule has 0 amide bonds. The van der Waals surface area contributed by atoms with E-state index < -0.39 is 0 Å². The van der Waals surface area contributed by atoms with Gasteiger partial charge >= 0.3 is 0 Å². The minimum absolute atomic E-state index is 0.717. The summed E-state index contributed by atoms with van der Waals surface area (Å²) in [6, 6.07) is 16.2. The highest BCUT2D eigenvalue weighted by atomic mass is 35.5. The Labute approximate surface area is 105 Å². The maximum Gasteiger partial charge on any atom is 0.0412 e. The maximum absolute atomic E-state index is 5.88. The van der Waals surface area contributed by atoms with Crippen molar-refractivity contribution in [1.29, 1.82) is 0 Å². The van der Waals surface area contributed by atoms with Gasteiger partial charge in [-0.25, -0.2) is 0 Å². The summed E-state index contributed by atoms with van der Waals surface area (Å²) in [6.45, 7) is 0. The highest BCUT2D eigenvalue weighted by molar-refractivity contribution is 6.31. The summed E-state index contributed by atoms with van der Waals surface area (Å²) in [4.78, 5) is 0. The van der Waals surface area contributed by atoms with Gasteiger partial charge in [0, 0.05) is 10.0 Å². The molecule has 0 atom stereocenters. The summed E-state index contributed by atoms with van der Waals surface area (Å²) in [5.74, 6) is 0. The number of halogens is 2. The SMILES string of the molecule is Clc1ccc(/C=C/c2[c]ccc(Cl)c2)cc1. The smallest absolute Gasteiger partial charge is 0.0412 e. The first-order chi connectivity index (χ1) is 7.74. The second-order valence-electron chi connectivity index (χ2n) is 3.35. The van der Waals surface area contributed by atoms with Crippen molar-refractivity contribution in [2.45, 2.75) is 0 Å². The maximum atomic E-state index is 5.88. The molecule has 0 aliphatic carbocycles. The molecule has 2 rings (SSSR count). The molecule has 16 heavy (non-hydrogen) atoms. The van der Waals surface area contributed by atoms with E-state index in [-0.39, 0.29) is 0 Å². The predicted molar refractivity (Wildman–Crippen MR) is 70.7 cm³/mol. The summed E-state index contributed by atoms with van der Waals surface area (Å²) < 4.78 is 0. The summed E-state index contributed by atoms with van der Waals surface area (Å²) >= 11 is 11.7. The van der Waals surface area contributed by atoms with Gasteiger partial charge in [-0.2, -0.15) is 0 Å². The fourth-order valence-electron chi connectivity index (χ4n) is 1.31. The second-order valence-corrected chi connectivity index (χ2v) is 4.22. The predicted octanol–water partition coefficient (Wildman–Crippen LogP) is 4.96. The Balaban J connectivity index is 2.18. The largest absolute Gasteiger partial charge is 0.0843 e. The van der Waals surface area contributed by atoms with Crippen LogP contribution in [0.15, 0.2) is 42.5 Å². The molecule has 79 valence electrons. The Morgan fingerprint density at radius 2 is 1.62 bits per heavy atom. The van der Waals surface area contributed by atoms with Crippen molar-refractivity contribution < 1.29 is 0 Å². The van der Waals surface area contributed by atoms with Crippen molar-refractivity contribution in [2.75, 3.05) is 0 Å². The lowest BCUT2D eigenvalue weighted by Gasteiger charge is -1.95. The molecule has 0 saturated heterocycles. The van der Waals surface area contributed by atoms with E-state index in [4.69, 9.17) is 23.2 Å². The van der Waals surface area contributed by atoms with Gasteiger partial charge in [0.1, 0.15) is 0 Å². The van der Waals surface area contributed by atoms with E-state index in [1.54, 1.807) is 6.07 Å². The average molecular weight is 248 g/mol. The standard InChI is InChI=1S/C14H9Cl2/c15-13-8-6-11(7-9-13)4-5-12-2-1-3-14(16)10-12/h1,3-10H/b5-4+. The van der Waals surface area contributed by atoms with Gasteiger partial charge in [-0.05, 0) is 41.5 Å². The Morgan fingerprint density at radius 3 is 2.31 bits per heavy atom. The lowest BCUT2D eigenvalue weighted by atomic mass is 10.1. The van der Waals surface area contributed by atoms with Crippen LogP contribution in [0.2, 0.25) is 10.0 Å². The second kappa shape index (κ2) is 5.20. The molecule has 0 nitrogen and oxygen atoms in total. The third-order valence-corrected chi connectivity index (χ3v) is 2.60. The van der Waals surface area contributed by atoms with Crippen LogP contribution >= 0.6 is 23.2 Å². The van der Waals surface area contributed by atoms with E-state index in [0.29, 0.717) is 0 Å². The summed E-state index contributed by atoms with van der Waals surface area (Å²) in [5, 5.41) is 1.46. The molecule has 0 bridgehead atoms. The van der Waals surface area contributed by atoms with Crippen molar-refractivity contribution in [3.63, 3.8) is 0 Å². The van der Waals surface area contributed by atoms with Gasteiger partial charge in [0.05, 0.1) is 0 Å². The van der Waals surface area contributed by atoms with E-state index in [9.17, 15) is 0 Å². The fourth-order valence-corrected chi connectivity index (χ4v) is 1.62. The van der Waals surface area contributed by atoms with Gasteiger partial charge in [-0.3, -0.25) is 0 Å². The van der Waals surface area contributed by atoms with Crippen LogP contribution in [0.1, 0.15) is 11.1 Å². The molecule has 0 unspecified atom stereocenters. The van der Waals surface area contributed by atoms with E-state index in [1.807, 2.05) is 48.6 Å². The molecule has 1 radical (unpaired) electrons. The van der Waals surface area contributed by atoms with Crippen molar-refractivity contribution >= 4 is 35.4 Å². The summed E-state index contributed by atoms with van der Waals surface area (Å²) in [6.07, 6.45) is 3.97. The van der Waals surface area contributed by atoms with Crippen LogP contribution in [-0.4, -0.2) is 0 Å². The Hall–Kier alpha value is -1.24. The highest BCUT2D eigenvalue weighted by Crippen LogP contribution is 2.14. The molecule has 0 saturated carbocycles. The molecular formula is C14H9Cl2. The number of benzene rings is 2. The lowest BCUT2D eigenvalue weighted by molar-refractivity contribution is 1.63. The van der Waals surface area contributed by atoms with Crippen LogP contribution in [0.25, 0.3) is 12.2 Å². The lowest BCUT2D eigenvalue weighted by Crippen LogP contribution is -1.73. The van der Waals surface area contributed by atoms with E-state index in [1.165, 1.54) is 0 Å². The van der Waals surface area contributed by atoms with Crippen LogP contribution in [-0.2, 0) is 0 Å². The topological polar surface area (TPSA) is 0 Å². The van der Waals surface area contributed by atoms with E-state index in [2.05, 4.69) is 6.07 Å². The van der Waals surface area contributed by atoms with Crippen molar-refractivity contribution in [3.8, 4) is 0 Å². The number of hydrogen-bond acceptors (Lipinski definition) is 0. The highest BCUT2D eigenvalue weighted by Gasteiger charge is 1.91. The quantitative estimate of drug-likeness (QED) is 0.658. The third-order valence-electron chi connectivity index (χ3n) is 2.11. The van der Waals surface area contributed by atoms with Gasteiger partial charge in [0.25, 0.3) is 0 Å². The summed E-state index contributed by atoms with van der Waals surface area (Å²) in [7, 11) is 0. The molecule has 0 aliphatic rings. The van der Waals surface area contributed by atoms with Gasteiger partial charge in [-0.1, -0.05) is 53.6 Å². The van der Waals surface area contributed by atoms with Crippen LogP contribution in [0, 0.1) is 6.07 Å². The zero-order valence-corrected chi connectivity index (χ0v) is 9.96. The molecule has 2 heteroatoms. The van der Waals surface area contributed by atoms with E-state index in [0.717, 1.165) is 21.2 Å². The van der Waals surface area contributed by atoms with Crippen LogP contribution < -0.4 is 0 Å². The Morgan fingerprint density at radius 1 is 0.875 bits per heavy atom. The van der Waals surface area contributed by atoms with Gasteiger partial charge in [0.15, 0.2) is 0 Å². The molecule has 2 aromatic rings. The van der Waals surface area contributed by atoms with Crippen LogP contribution in [0.5, 0.6) is 0 Å². The summed E-state index contributed by atoms with van der Waals surface area (Å²) in [5.41, 5.74) is 2.06.